The van der Waals surface area contributed by atoms with Gasteiger partial charge in [-0.1, -0.05) is 77.8 Å². The van der Waals surface area contributed by atoms with Gasteiger partial charge in [-0.05, 0) is 54.5 Å². The second kappa shape index (κ2) is 15.7. The van der Waals surface area contributed by atoms with Crippen LogP contribution in [0.25, 0.3) is 32.9 Å². The van der Waals surface area contributed by atoms with Crippen molar-refractivity contribution in [3.05, 3.63) is 54.0 Å². The van der Waals surface area contributed by atoms with Crippen LogP contribution in [0.2, 0.25) is 16.6 Å². The summed E-state index contributed by atoms with van der Waals surface area (Å²) in [6.45, 7) is 15.7. The number of carbonyl (C=O) groups is 1. The van der Waals surface area contributed by atoms with Crippen LogP contribution in [-0.2, 0) is 0 Å². The van der Waals surface area contributed by atoms with Crippen LogP contribution in [0.5, 0.6) is 6.01 Å². The maximum atomic E-state index is 17.2. The topological polar surface area (TPSA) is 119 Å². The van der Waals surface area contributed by atoms with Gasteiger partial charge in [-0.3, -0.25) is 4.98 Å². The standard InChI is InChI=1S/C41H50FN7O3Si/c1-26(2)53(27(3)4,28(5)6)22-17-30-12-8-11-29-13-9-15-33(35(29)30)37-36(42)38-34(23-44-37)39(46-40(45-38)52-25-32-14-10-19-47(32)7)48-20-21-49(41(50)51)31(24-48)16-18-43/h8-9,11-13,15,23,26-28,31-32H,10,14,16,19-21,24-25H2,1-7H3,(H,50,51). The number of pyridine rings is 1. The van der Waals surface area contributed by atoms with Gasteiger partial charge in [0, 0.05) is 48.4 Å². The number of carboxylic acid groups (broad SMARTS) is 1. The molecule has 4 heterocycles. The number of hydrogen-bond donors (Lipinski definition) is 1. The Balaban J connectivity index is 1.50. The molecule has 2 saturated heterocycles. The summed E-state index contributed by atoms with van der Waals surface area (Å²) >= 11 is 0. The number of likely N-dealkylation sites (N-methyl/N-ethyl adjacent to an activating group) is 1. The first-order valence-electron chi connectivity index (χ1n) is 18.7. The van der Waals surface area contributed by atoms with Gasteiger partial charge in [0.05, 0.1) is 23.9 Å². The predicted molar refractivity (Wildman–Crippen MR) is 210 cm³/mol. The van der Waals surface area contributed by atoms with Crippen LogP contribution in [0.3, 0.4) is 0 Å². The molecule has 0 spiro atoms. The number of fused-ring (bicyclic) bond motifs is 2. The number of ether oxygens (including phenoxy) is 1. The van der Waals surface area contributed by atoms with Gasteiger partial charge in [-0.2, -0.15) is 15.2 Å². The fourth-order valence-electron chi connectivity index (χ4n) is 8.71. The predicted octanol–water partition coefficient (Wildman–Crippen LogP) is 8.11. The van der Waals surface area contributed by atoms with Crippen molar-refractivity contribution in [3.8, 4) is 34.8 Å². The maximum Gasteiger partial charge on any atom is 0.407 e. The van der Waals surface area contributed by atoms with Crippen molar-refractivity contribution in [2.45, 2.75) is 89.5 Å². The van der Waals surface area contributed by atoms with Crippen LogP contribution < -0.4 is 9.64 Å². The number of likely N-dealkylation sites (tertiary alicyclic amines) is 1. The second-order valence-electron chi connectivity index (χ2n) is 15.4. The molecule has 6 rings (SSSR count). The number of nitriles is 1. The van der Waals surface area contributed by atoms with Crippen molar-refractivity contribution in [2.24, 2.45) is 0 Å². The van der Waals surface area contributed by atoms with E-state index >= 15 is 4.39 Å². The average Bonchev–Trinajstić information content (AvgIpc) is 3.54. The van der Waals surface area contributed by atoms with E-state index in [9.17, 15) is 15.2 Å². The molecule has 0 aliphatic carbocycles. The van der Waals surface area contributed by atoms with Crippen molar-refractivity contribution < 1.29 is 19.0 Å². The Morgan fingerprint density at radius 2 is 1.75 bits per heavy atom. The fourth-order valence-corrected chi connectivity index (χ4v) is 13.9. The van der Waals surface area contributed by atoms with E-state index < -0.39 is 26.0 Å². The zero-order chi connectivity index (χ0) is 38.0. The molecule has 10 nitrogen and oxygen atoms in total. The molecule has 2 aromatic carbocycles. The summed E-state index contributed by atoms with van der Waals surface area (Å²) in [4.78, 5) is 31.6. The smallest absolute Gasteiger partial charge is 0.407 e. The Morgan fingerprint density at radius 3 is 2.40 bits per heavy atom. The van der Waals surface area contributed by atoms with Gasteiger partial charge in [0.2, 0.25) is 0 Å². The highest BCUT2D eigenvalue weighted by atomic mass is 28.3. The Kier molecular flexibility index (Phi) is 11.2. The van der Waals surface area contributed by atoms with E-state index in [2.05, 4.69) is 76.0 Å². The van der Waals surface area contributed by atoms with Gasteiger partial charge in [-0.25, -0.2) is 9.18 Å². The molecule has 1 N–H and O–H groups in total. The lowest BCUT2D eigenvalue weighted by Gasteiger charge is -2.39. The summed E-state index contributed by atoms with van der Waals surface area (Å²) in [5, 5.41) is 21.5. The van der Waals surface area contributed by atoms with Crippen LogP contribution in [0.4, 0.5) is 15.0 Å². The van der Waals surface area contributed by atoms with E-state index in [0.29, 0.717) is 46.5 Å². The molecule has 2 unspecified atom stereocenters. The molecule has 2 aromatic heterocycles. The third-order valence-electron chi connectivity index (χ3n) is 11.5. The first kappa shape index (κ1) is 38.0. The van der Waals surface area contributed by atoms with Crippen molar-refractivity contribution in [1.29, 1.82) is 5.26 Å². The number of anilines is 1. The van der Waals surface area contributed by atoms with Crippen molar-refractivity contribution >= 4 is 41.7 Å². The molecule has 12 heteroatoms. The van der Waals surface area contributed by atoms with Gasteiger partial charge < -0.3 is 24.5 Å². The van der Waals surface area contributed by atoms with Crippen molar-refractivity contribution in [1.82, 2.24) is 24.8 Å². The summed E-state index contributed by atoms with van der Waals surface area (Å²) in [7, 11) is 0.000768. The summed E-state index contributed by atoms with van der Waals surface area (Å²) in [6, 6.07) is 13.6. The lowest BCUT2D eigenvalue weighted by molar-refractivity contribution is 0.119. The van der Waals surface area contributed by atoms with E-state index in [1.165, 1.54) is 4.90 Å². The minimum atomic E-state index is -2.06. The van der Waals surface area contributed by atoms with E-state index in [-0.39, 0.29) is 42.8 Å². The second-order valence-corrected chi connectivity index (χ2v) is 21.0. The number of piperazine rings is 1. The van der Waals surface area contributed by atoms with Gasteiger partial charge in [0.1, 0.15) is 31.7 Å². The molecule has 1 amide bonds. The molecule has 2 aliphatic heterocycles. The lowest BCUT2D eigenvalue weighted by Crippen LogP contribution is -2.55. The minimum absolute atomic E-state index is 0.0152. The number of rotatable bonds is 9. The quantitative estimate of drug-likeness (QED) is 0.134. The highest BCUT2D eigenvalue weighted by molar-refractivity contribution is 6.90. The number of benzene rings is 2. The number of amides is 1. The van der Waals surface area contributed by atoms with Crippen molar-refractivity contribution in [3.63, 3.8) is 0 Å². The zero-order valence-corrected chi connectivity index (χ0v) is 32.9. The monoisotopic (exact) mass is 735 g/mol. The molecule has 2 fully saturated rings. The third kappa shape index (κ3) is 7.27. The van der Waals surface area contributed by atoms with E-state index in [4.69, 9.17) is 14.7 Å². The van der Waals surface area contributed by atoms with Crippen molar-refractivity contribution in [2.75, 3.05) is 44.7 Å². The first-order valence-corrected chi connectivity index (χ1v) is 21.0. The number of halogens is 1. The normalized spacial score (nSPS) is 18.2. The summed E-state index contributed by atoms with van der Waals surface area (Å²) in [5.41, 5.74) is 6.92. The zero-order valence-electron chi connectivity index (χ0n) is 31.9. The summed E-state index contributed by atoms with van der Waals surface area (Å²) in [6.07, 6.45) is 2.58. The SMILES string of the molecule is CC(C)[Si](C#Cc1cccc2cccc(-c3ncc4c(N5CCN(C(=O)O)C(CC#N)C5)nc(OCC5CCCN5C)nc4c3F)c12)(C(C)C)C(C)C. The minimum Gasteiger partial charge on any atom is -0.465 e. The molecule has 0 bridgehead atoms. The van der Waals surface area contributed by atoms with E-state index in [1.807, 2.05) is 41.3 Å². The van der Waals surface area contributed by atoms with Gasteiger partial charge >= 0.3 is 12.1 Å². The largest absolute Gasteiger partial charge is 0.465 e. The van der Waals surface area contributed by atoms with Crippen LogP contribution in [0.15, 0.2) is 42.6 Å². The molecule has 278 valence electrons. The van der Waals surface area contributed by atoms with Crippen LogP contribution >= 0.6 is 0 Å². The molecule has 2 aliphatic rings. The lowest BCUT2D eigenvalue weighted by atomic mass is 9.96. The molecule has 53 heavy (non-hydrogen) atoms. The Labute approximate surface area is 313 Å². The molecule has 4 aromatic rings. The first-order chi connectivity index (χ1) is 25.4. The van der Waals surface area contributed by atoms with Crippen LogP contribution in [0.1, 0.15) is 66.4 Å². The van der Waals surface area contributed by atoms with Crippen LogP contribution in [0, 0.1) is 28.6 Å². The highest BCUT2D eigenvalue weighted by Crippen LogP contribution is 2.41. The molecular weight excluding hydrogens is 686 g/mol. The van der Waals surface area contributed by atoms with E-state index in [0.717, 1.165) is 35.7 Å². The van der Waals surface area contributed by atoms with Gasteiger partial charge in [0.25, 0.3) is 0 Å². The number of aromatic nitrogens is 3. The van der Waals surface area contributed by atoms with Crippen LogP contribution in [-0.4, -0.2) is 95.9 Å². The van der Waals surface area contributed by atoms with Gasteiger partial charge in [-0.15, -0.1) is 5.54 Å². The number of hydrogen-bond acceptors (Lipinski definition) is 8. The number of nitrogens with zero attached hydrogens (tertiary/aromatic N) is 7. The Morgan fingerprint density at radius 1 is 1.04 bits per heavy atom. The molecule has 0 radical (unpaired) electrons. The molecular formula is C41H50FN7O3Si. The van der Waals surface area contributed by atoms with E-state index in [1.54, 1.807) is 6.20 Å². The highest BCUT2D eigenvalue weighted by Gasteiger charge is 2.42. The summed E-state index contributed by atoms with van der Waals surface area (Å²) in [5.74, 6) is 3.41. The molecule has 0 saturated carbocycles. The third-order valence-corrected chi connectivity index (χ3v) is 17.8. The summed E-state index contributed by atoms with van der Waals surface area (Å²) < 4.78 is 23.4. The van der Waals surface area contributed by atoms with Gasteiger partial charge in [0.15, 0.2) is 5.82 Å². The maximum absolute atomic E-state index is 17.2. The fraction of sp³-hybridized carbons (Fsp3) is 0.488. The molecule has 2 atom stereocenters. The Bertz CT molecular complexity index is 2080. The Hall–Kier alpha value is -4.78. The average molecular weight is 736 g/mol.